The molecule has 4 rings (SSSR count). The fraction of sp³-hybridized carbons (Fsp3) is 0.208. The van der Waals surface area contributed by atoms with Crippen molar-refractivity contribution in [1.82, 2.24) is 14.9 Å². The smallest absolute Gasteiger partial charge is 0.258 e. The van der Waals surface area contributed by atoms with Crippen molar-refractivity contribution in [2.75, 3.05) is 0 Å². The summed E-state index contributed by atoms with van der Waals surface area (Å²) < 4.78 is 0. The minimum Gasteiger partial charge on any atom is -0.333 e. The molecule has 1 aromatic heterocycles. The molecule has 1 amide bonds. The highest BCUT2D eigenvalue weighted by Gasteiger charge is 2.20. The lowest BCUT2D eigenvalue weighted by Crippen LogP contribution is -2.38. The number of para-hydroxylation sites is 1. The molecular weight excluding hydrogens is 362 g/mol. The van der Waals surface area contributed by atoms with E-state index in [1.54, 1.807) is 11.0 Å². The molecule has 0 saturated heterocycles. The second kappa shape index (κ2) is 7.87. The van der Waals surface area contributed by atoms with Crippen molar-refractivity contribution in [2.24, 2.45) is 0 Å². The molecule has 0 atom stereocenters. The lowest BCUT2D eigenvalue weighted by molar-refractivity contribution is -0.132. The van der Waals surface area contributed by atoms with Crippen molar-refractivity contribution in [3.05, 3.63) is 88.5 Å². The number of benzene rings is 3. The number of amides is 1. The van der Waals surface area contributed by atoms with Crippen LogP contribution >= 0.6 is 0 Å². The van der Waals surface area contributed by atoms with Crippen molar-refractivity contribution >= 4 is 27.6 Å². The molecule has 1 N–H and O–H groups in total. The zero-order valence-corrected chi connectivity index (χ0v) is 16.6. The zero-order valence-electron chi connectivity index (χ0n) is 16.6. The van der Waals surface area contributed by atoms with Gasteiger partial charge in [0.15, 0.2) is 0 Å². The Kier molecular flexibility index (Phi) is 5.12. The van der Waals surface area contributed by atoms with Gasteiger partial charge in [0.25, 0.3) is 5.56 Å². The van der Waals surface area contributed by atoms with E-state index >= 15 is 0 Å². The molecule has 1 heterocycles. The van der Waals surface area contributed by atoms with Gasteiger partial charge in [-0.3, -0.25) is 9.59 Å². The lowest BCUT2D eigenvalue weighted by atomic mass is 10.0. The standard InChI is InChI=1S/C24H23N3O2/c1-16(2)27(15-22-25-21-13-6-5-12-20(21)24(29)26-22)23(28)14-18-10-7-9-17-8-3-4-11-19(17)18/h3-13,16H,14-15H2,1-2H3,(H,25,26,29). The van der Waals surface area contributed by atoms with Crippen LogP contribution in [-0.4, -0.2) is 26.8 Å². The highest BCUT2D eigenvalue weighted by molar-refractivity contribution is 5.90. The number of hydrogen-bond acceptors (Lipinski definition) is 3. The van der Waals surface area contributed by atoms with Gasteiger partial charge in [0.1, 0.15) is 5.82 Å². The first-order chi connectivity index (χ1) is 14.0. The minimum absolute atomic E-state index is 0.00663. The first kappa shape index (κ1) is 18.9. The third-order valence-corrected chi connectivity index (χ3v) is 5.15. The average Bonchev–Trinajstić information content (AvgIpc) is 2.72. The van der Waals surface area contributed by atoms with E-state index < -0.39 is 0 Å². The van der Waals surface area contributed by atoms with E-state index in [0.29, 0.717) is 23.1 Å². The van der Waals surface area contributed by atoms with Gasteiger partial charge in [-0.2, -0.15) is 0 Å². The molecule has 0 aliphatic rings. The molecule has 0 fully saturated rings. The minimum atomic E-state index is -0.184. The molecule has 0 unspecified atom stereocenters. The summed E-state index contributed by atoms with van der Waals surface area (Å²) in [7, 11) is 0. The zero-order chi connectivity index (χ0) is 20.4. The van der Waals surface area contributed by atoms with Crippen LogP contribution < -0.4 is 5.56 Å². The summed E-state index contributed by atoms with van der Waals surface area (Å²) in [4.78, 5) is 34.6. The summed E-state index contributed by atoms with van der Waals surface area (Å²) in [5, 5.41) is 2.76. The number of rotatable bonds is 5. The summed E-state index contributed by atoms with van der Waals surface area (Å²) >= 11 is 0. The molecule has 5 nitrogen and oxygen atoms in total. The van der Waals surface area contributed by atoms with Gasteiger partial charge < -0.3 is 9.88 Å². The van der Waals surface area contributed by atoms with Gasteiger partial charge in [-0.05, 0) is 42.3 Å². The summed E-state index contributed by atoms with van der Waals surface area (Å²) in [5.74, 6) is 0.501. The van der Waals surface area contributed by atoms with Crippen LogP contribution in [0.2, 0.25) is 0 Å². The Morgan fingerprint density at radius 2 is 1.66 bits per heavy atom. The fourth-order valence-electron chi connectivity index (χ4n) is 3.64. The molecule has 0 spiro atoms. The van der Waals surface area contributed by atoms with Crippen molar-refractivity contribution in [3.63, 3.8) is 0 Å². The Morgan fingerprint density at radius 1 is 0.966 bits per heavy atom. The molecule has 29 heavy (non-hydrogen) atoms. The van der Waals surface area contributed by atoms with Crippen molar-refractivity contribution < 1.29 is 4.79 Å². The number of aromatic nitrogens is 2. The molecule has 5 heteroatoms. The van der Waals surface area contributed by atoms with Gasteiger partial charge in [-0.15, -0.1) is 0 Å². The lowest BCUT2D eigenvalue weighted by Gasteiger charge is -2.26. The largest absolute Gasteiger partial charge is 0.333 e. The summed E-state index contributed by atoms with van der Waals surface area (Å²) in [6.07, 6.45) is 0.303. The SMILES string of the molecule is CC(C)N(Cc1nc2ccccc2c(=O)[nH]1)C(=O)Cc1cccc2ccccc12. The number of carbonyl (C=O) groups is 1. The highest BCUT2D eigenvalue weighted by Crippen LogP contribution is 2.20. The quantitative estimate of drug-likeness (QED) is 0.563. The van der Waals surface area contributed by atoms with E-state index in [1.807, 2.05) is 74.5 Å². The maximum Gasteiger partial charge on any atom is 0.258 e. The average molecular weight is 385 g/mol. The number of nitrogens with one attached hydrogen (secondary N) is 1. The maximum atomic E-state index is 13.2. The Balaban J connectivity index is 1.62. The van der Waals surface area contributed by atoms with Crippen LogP contribution in [0.25, 0.3) is 21.7 Å². The van der Waals surface area contributed by atoms with Crippen molar-refractivity contribution in [2.45, 2.75) is 32.9 Å². The first-order valence-corrected chi connectivity index (χ1v) is 9.77. The first-order valence-electron chi connectivity index (χ1n) is 9.77. The molecule has 0 radical (unpaired) electrons. The second-order valence-electron chi connectivity index (χ2n) is 7.46. The Bertz CT molecular complexity index is 1240. The van der Waals surface area contributed by atoms with E-state index in [4.69, 9.17) is 0 Å². The number of carbonyl (C=O) groups excluding carboxylic acids is 1. The van der Waals surface area contributed by atoms with E-state index in [9.17, 15) is 9.59 Å². The van der Waals surface area contributed by atoms with Crippen LogP contribution in [0, 0.1) is 0 Å². The maximum absolute atomic E-state index is 13.2. The molecule has 4 aromatic rings. The van der Waals surface area contributed by atoms with Gasteiger partial charge >= 0.3 is 0 Å². The van der Waals surface area contributed by atoms with E-state index in [-0.39, 0.29) is 24.1 Å². The van der Waals surface area contributed by atoms with Gasteiger partial charge in [0.2, 0.25) is 5.91 Å². The highest BCUT2D eigenvalue weighted by atomic mass is 16.2. The van der Waals surface area contributed by atoms with Gasteiger partial charge in [-0.1, -0.05) is 54.6 Å². The van der Waals surface area contributed by atoms with E-state index in [2.05, 4.69) is 9.97 Å². The van der Waals surface area contributed by atoms with Gasteiger partial charge in [-0.25, -0.2) is 4.98 Å². The van der Waals surface area contributed by atoms with Gasteiger partial charge in [0, 0.05) is 6.04 Å². The fourth-order valence-corrected chi connectivity index (χ4v) is 3.64. The molecule has 0 bridgehead atoms. The molecule has 146 valence electrons. The normalized spacial score (nSPS) is 11.3. The topological polar surface area (TPSA) is 66.1 Å². The van der Waals surface area contributed by atoms with E-state index in [0.717, 1.165) is 16.3 Å². The molecule has 0 saturated carbocycles. The van der Waals surface area contributed by atoms with Crippen molar-refractivity contribution in [1.29, 1.82) is 0 Å². The van der Waals surface area contributed by atoms with Crippen LogP contribution in [0.3, 0.4) is 0 Å². The third-order valence-electron chi connectivity index (χ3n) is 5.15. The second-order valence-corrected chi connectivity index (χ2v) is 7.46. The molecule has 0 aliphatic heterocycles. The molecule has 3 aromatic carbocycles. The number of hydrogen-bond donors (Lipinski definition) is 1. The van der Waals surface area contributed by atoms with Crippen LogP contribution in [0.4, 0.5) is 0 Å². The number of aromatic amines is 1. The van der Waals surface area contributed by atoms with Crippen LogP contribution in [-0.2, 0) is 17.8 Å². The summed E-state index contributed by atoms with van der Waals surface area (Å²) in [5.41, 5.74) is 1.45. The predicted molar refractivity (Wildman–Crippen MR) is 116 cm³/mol. The Morgan fingerprint density at radius 3 is 2.45 bits per heavy atom. The molecular formula is C24H23N3O2. The van der Waals surface area contributed by atoms with Crippen molar-refractivity contribution in [3.8, 4) is 0 Å². The van der Waals surface area contributed by atoms with Crippen LogP contribution in [0.15, 0.2) is 71.5 Å². The van der Waals surface area contributed by atoms with E-state index in [1.165, 1.54) is 0 Å². The summed E-state index contributed by atoms with van der Waals surface area (Å²) in [6, 6.07) is 21.3. The number of nitrogens with zero attached hydrogens (tertiary/aromatic N) is 2. The Labute approximate surface area is 169 Å². The number of fused-ring (bicyclic) bond motifs is 2. The summed E-state index contributed by atoms with van der Waals surface area (Å²) in [6.45, 7) is 4.21. The predicted octanol–water partition coefficient (Wildman–Crippen LogP) is 4.06. The Hall–Kier alpha value is -3.47. The third kappa shape index (κ3) is 3.90. The van der Waals surface area contributed by atoms with Gasteiger partial charge in [0.05, 0.1) is 23.9 Å². The number of H-pyrrole nitrogens is 1. The monoisotopic (exact) mass is 385 g/mol. The van der Waals surface area contributed by atoms with Crippen LogP contribution in [0.5, 0.6) is 0 Å². The molecule has 0 aliphatic carbocycles. The van der Waals surface area contributed by atoms with Crippen LogP contribution in [0.1, 0.15) is 25.2 Å².